The van der Waals surface area contributed by atoms with Gasteiger partial charge in [-0.05, 0) is 48.4 Å². The third-order valence-corrected chi connectivity index (χ3v) is 5.46. The molecule has 2 N–H and O–H groups in total. The fourth-order valence-corrected chi connectivity index (χ4v) is 4.01. The van der Waals surface area contributed by atoms with Gasteiger partial charge in [0.05, 0.1) is 17.0 Å². The van der Waals surface area contributed by atoms with Crippen molar-refractivity contribution in [3.8, 4) is 5.75 Å². The van der Waals surface area contributed by atoms with Crippen LogP contribution < -0.4 is 9.64 Å². The van der Waals surface area contributed by atoms with Crippen LogP contribution in [0.25, 0.3) is 6.08 Å². The number of thiocarbonyl (C=S) groups is 1. The van der Waals surface area contributed by atoms with Gasteiger partial charge < -0.3 is 14.9 Å². The molecular formula is C21H17NO6S2. The number of benzene rings is 2. The number of hydrogen-bond donors (Lipinski definition) is 2. The Labute approximate surface area is 182 Å². The average molecular weight is 444 g/mol. The highest BCUT2D eigenvalue weighted by molar-refractivity contribution is 8.27. The Morgan fingerprint density at radius 2 is 1.90 bits per heavy atom. The van der Waals surface area contributed by atoms with E-state index in [9.17, 15) is 14.4 Å². The predicted molar refractivity (Wildman–Crippen MR) is 118 cm³/mol. The van der Waals surface area contributed by atoms with Gasteiger partial charge >= 0.3 is 11.9 Å². The fraction of sp³-hybridized carbons (Fsp3) is 0.143. The lowest BCUT2D eigenvalue weighted by Gasteiger charge is -2.14. The Morgan fingerprint density at radius 3 is 2.53 bits per heavy atom. The molecule has 3 rings (SSSR count). The van der Waals surface area contributed by atoms with Crippen molar-refractivity contribution in [3.63, 3.8) is 0 Å². The smallest absolute Gasteiger partial charge is 0.344 e. The van der Waals surface area contributed by atoms with E-state index in [2.05, 4.69) is 0 Å². The van der Waals surface area contributed by atoms with Crippen LogP contribution in [0.1, 0.15) is 18.1 Å². The van der Waals surface area contributed by atoms with Crippen molar-refractivity contribution in [2.24, 2.45) is 0 Å². The predicted octanol–water partition coefficient (Wildman–Crippen LogP) is 3.57. The zero-order chi connectivity index (χ0) is 21.8. The number of anilines is 1. The molecule has 0 saturated carbocycles. The van der Waals surface area contributed by atoms with Crippen LogP contribution in [-0.4, -0.2) is 38.5 Å². The van der Waals surface area contributed by atoms with E-state index in [-0.39, 0.29) is 12.3 Å². The number of thioether (sulfide) groups is 1. The number of amides is 1. The number of ether oxygens (including phenoxy) is 1. The summed E-state index contributed by atoms with van der Waals surface area (Å²) in [6, 6.07) is 13.4. The number of carboxylic acids is 2. The van der Waals surface area contributed by atoms with Crippen molar-refractivity contribution >= 4 is 57.9 Å². The molecule has 0 aliphatic carbocycles. The summed E-state index contributed by atoms with van der Waals surface area (Å²) in [6.45, 7) is 1.43. The van der Waals surface area contributed by atoms with Gasteiger partial charge in [0.15, 0.2) is 10.4 Å². The number of carbonyl (C=O) groups is 3. The minimum absolute atomic E-state index is 0.0997. The highest BCUT2D eigenvalue weighted by Gasteiger charge is 2.33. The minimum atomic E-state index is -1.07. The second-order valence-electron chi connectivity index (χ2n) is 6.42. The van der Waals surface area contributed by atoms with Crippen molar-refractivity contribution in [1.29, 1.82) is 0 Å². The summed E-state index contributed by atoms with van der Waals surface area (Å²) >= 11 is 6.50. The summed E-state index contributed by atoms with van der Waals surface area (Å²) in [6.07, 6.45) is 0.566. The van der Waals surface area contributed by atoms with Gasteiger partial charge in [-0.3, -0.25) is 14.5 Å². The average Bonchev–Trinajstić information content (AvgIpc) is 2.95. The van der Waals surface area contributed by atoms with Crippen molar-refractivity contribution in [2.75, 3.05) is 4.90 Å². The van der Waals surface area contributed by atoms with E-state index in [0.29, 0.717) is 31.8 Å². The van der Waals surface area contributed by atoms with Crippen LogP contribution >= 0.6 is 24.0 Å². The molecule has 1 saturated heterocycles. The van der Waals surface area contributed by atoms with Gasteiger partial charge in [0.25, 0.3) is 5.91 Å². The van der Waals surface area contributed by atoms with E-state index < -0.39 is 18.0 Å². The maximum Gasteiger partial charge on any atom is 0.344 e. The molecule has 154 valence electrons. The van der Waals surface area contributed by atoms with Crippen molar-refractivity contribution < 1.29 is 29.3 Å². The van der Waals surface area contributed by atoms with Crippen LogP contribution in [0, 0.1) is 0 Å². The molecule has 0 bridgehead atoms. The normalized spacial score (nSPS) is 16.0. The molecule has 0 aromatic heterocycles. The Hall–Kier alpha value is -3.17. The SMILES string of the molecule is CC(Oc1cccc(/C=C2\SC(=S)N(c3ccc(CC(=O)O)cc3)C2=O)c1)C(=O)O. The van der Waals surface area contributed by atoms with E-state index in [4.69, 9.17) is 27.2 Å². The largest absolute Gasteiger partial charge is 0.481 e. The Balaban J connectivity index is 1.80. The summed E-state index contributed by atoms with van der Waals surface area (Å²) in [5.74, 6) is -1.92. The van der Waals surface area contributed by atoms with E-state index in [1.54, 1.807) is 54.6 Å². The van der Waals surface area contributed by atoms with Gasteiger partial charge in [-0.25, -0.2) is 4.79 Å². The summed E-state index contributed by atoms with van der Waals surface area (Å²) in [5, 5.41) is 17.8. The molecule has 1 aliphatic rings. The van der Waals surface area contributed by atoms with Crippen LogP contribution in [0.5, 0.6) is 5.75 Å². The van der Waals surface area contributed by atoms with E-state index in [1.165, 1.54) is 11.8 Å². The van der Waals surface area contributed by atoms with Gasteiger partial charge in [-0.1, -0.05) is 48.2 Å². The first-order valence-corrected chi connectivity index (χ1v) is 10.1. The molecule has 2 aromatic carbocycles. The number of hydrogen-bond acceptors (Lipinski definition) is 6. The van der Waals surface area contributed by atoms with Gasteiger partial charge in [-0.15, -0.1) is 0 Å². The van der Waals surface area contributed by atoms with Crippen LogP contribution in [0.4, 0.5) is 5.69 Å². The number of carbonyl (C=O) groups excluding carboxylic acids is 1. The molecule has 1 unspecified atom stereocenters. The molecule has 0 spiro atoms. The molecule has 1 heterocycles. The Kier molecular flexibility index (Phi) is 6.53. The monoisotopic (exact) mass is 443 g/mol. The lowest BCUT2D eigenvalue weighted by Crippen LogP contribution is -2.27. The summed E-state index contributed by atoms with van der Waals surface area (Å²) in [7, 11) is 0. The third-order valence-electron chi connectivity index (χ3n) is 4.16. The first kappa shape index (κ1) is 21.5. The Bertz CT molecular complexity index is 1050. The molecule has 9 heteroatoms. The number of nitrogens with zero attached hydrogens (tertiary/aromatic N) is 1. The van der Waals surface area contributed by atoms with E-state index >= 15 is 0 Å². The fourth-order valence-electron chi connectivity index (χ4n) is 2.71. The van der Waals surface area contributed by atoms with Gasteiger partial charge in [-0.2, -0.15) is 0 Å². The molecule has 1 aliphatic heterocycles. The molecule has 1 fully saturated rings. The number of aliphatic carboxylic acids is 2. The maximum absolute atomic E-state index is 12.9. The first-order valence-electron chi connectivity index (χ1n) is 8.83. The van der Waals surface area contributed by atoms with Crippen molar-refractivity contribution in [1.82, 2.24) is 0 Å². The second-order valence-corrected chi connectivity index (χ2v) is 8.10. The zero-order valence-electron chi connectivity index (χ0n) is 15.8. The molecule has 0 radical (unpaired) electrons. The summed E-state index contributed by atoms with van der Waals surface area (Å²) < 4.78 is 5.72. The highest BCUT2D eigenvalue weighted by atomic mass is 32.2. The lowest BCUT2D eigenvalue weighted by molar-refractivity contribution is -0.144. The number of carboxylic acid groups (broad SMARTS) is 2. The third kappa shape index (κ3) is 5.05. The minimum Gasteiger partial charge on any atom is -0.481 e. The topological polar surface area (TPSA) is 104 Å². The van der Waals surface area contributed by atoms with Crippen LogP contribution in [0.2, 0.25) is 0 Å². The molecule has 30 heavy (non-hydrogen) atoms. The molecule has 2 aromatic rings. The van der Waals surface area contributed by atoms with Crippen molar-refractivity contribution in [2.45, 2.75) is 19.4 Å². The molecule has 1 amide bonds. The zero-order valence-corrected chi connectivity index (χ0v) is 17.4. The van der Waals surface area contributed by atoms with Crippen LogP contribution in [0.15, 0.2) is 53.4 Å². The van der Waals surface area contributed by atoms with Gasteiger partial charge in [0.1, 0.15) is 5.75 Å². The highest BCUT2D eigenvalue weighted by Crippen LogP contribution is 2.36. The quantitative estimate of drug-likeness (QED) is 0.494. The first-order chi connectivity index (χ1) is 14.2. The summed E-state index contributed by atoms with van der Waals surface area (Å²) in [4.78, 5) is 36.5. The standard InChI is InChI=1S/C21H17NO6S2/c1-12(20(26)27)28-16-4-2-3-14(9-16)10-17-19(25)22(21(29)30-17)15-7-5-13(6-8-15)11-18(23)24/h2-10,12H,11H2,1H3,(H,23,24)(H,26,27)/b17-10-. The molecule has 7 nitrogen and oxygen atoms in total. The molecule has 1 atom stereocenters. The second kappa shape index (κ2) is 9.10. The van der Waals surface area contributed by atoms with Gasteiger partial charge in [0.2, 0.25) is 0 Å². The van der Waals surface area contributed by atoms with E-state index in [1.807, 2.05) is 0 Å². The molecular weight excluding hydrogens is 426 g/mol. The van der Waals surface area contributed by atoms with E-state index in [0.717, 1.165) is 11.8 Å². The maximum atomic E-state index is 12.9. The van der Waals surface area contributed by atoms with Crippen molar-refractivity contribution in [3.05, 3.63) is 64.6 Å². The van der Waals surface area contributed by atoms with Crippen LogP contribution in [0.3, 0.4) is 0 Å². The Morgan fingerprint density at radius 1 is 1.20 bits per heavy atom. The number of rotatable bonds is 7. The summed E-state index contributed by atoms with van der Waals surface area (Å²) in [5.41, 5.74) is 1.85. The van der Waals surface area contributed by atoms with Crippen LogP contribution in [-0.2, 0) is 20.8 Å². The van der Waals surface area contributed by atoms with Gasteiger partial charge in [0, 0.05) is 0 Å². The lowest BCUT2D eigenvalue weighted by atomic mass is 10.1.